The summed E-state index contributed by atoms with van der Waals surface area (Å²) in [5.74, 6) is 0.862. The molecule has 1 saturated heterocycles. The minimum atomic E-state index is -0.0525. The molecule has 2 aromatic rings. The van der Waals surface area contributed by atoms with Crippen molar-refractivity contribution >= 4 is 21.8 Å². The first-order chi connectivity index (χ1) is 10.7. The fourth-order valence-corrected chi connectivity index (χ4v) is 3.10. The second kappa shape index (κ2) is 7.11. The number of carbonyl (C=O) groups excluding carboxylic acids is 1. The third-order valence-electron chi connectivity index (χ3n) is 4.02. The zero-order chi connectivity index (χ0) is 15.4. The van der Waals surface area contributed by atoms with Crippen molar-refractivity contribution in [3.8, 4) is 0 Å². The van der Waals surface area contributed by atoms with E-state index in [1.54, 1.807) is 6.26 Å². The molecule has 116 valence electrons. The molecule has 0 aliphatic carbocycles. The highest BCUT2D eigenvalue weighted by Gasteiger charge is 2.25. The van der Waals surface area contributed by atoms with Crippen LogP contribution in [0.4, 0.5) is 0 Å². The van der Waals surface area contributed by atoms with Crippen LogP contribution in [0.2, 0.25) is 0 Å². The monoisotopic (exact) mass is 362 g/mol. The van der Waals surface area contributed by atoms with E-state index in [0.29, 0.717) is 12.1 Å². The third kappa shape index (κ3) is 3.59. The summed E-state index contributed by atoms with van der Waals surface area (Å²) in [6, 6.07) is 11.4. The molecule has 1 aromatic heterocycles. The molecule has 0 saturated carbocycles. The molecule has 0 bridgehead atoms. The van der Waals surface area contributed by atoms with E-state index in [9.17, 15) is 4.79 Å². The predicted octanol–water partition coefficient (Wildman–Crippen LogP) is 3.61. The summed E-state index contributed by atoms with van der Waals surface area (Å²) in [5.41, 5.74) is 0.669. The molecular formula is C17H19BrN2O2. The zero-order valence-electron chi connectivity index (χ0n) is 12.3. The van der Waals surface area contributed by atoms with Gasteiger partial charge in [0.15, 0.2) is 0 Å². The summed E-state index contributed by atoms with van der Waals surface area (Å²) in [6.07, 6.45) is 4.10. The van der Waals surface area contributed by atoms with E-state index in [1.807, 2.05) is 36.4 Å². The first-order valence-electron chi connectivity index (χ1n) is 7.55. The summed E-state index contributed by atoms with van der Waals surface area (Å²) >= 11 is 3.38. The Kier molecular flexibility index (Phi) is 4.95. The topological polar surface area (TPSA) is 45.5 Å². The number of rotatable bonds is 5. The second-order valence-corrected chi connectivity index (χ2v) is 6.41. The lowest BCUT2D eigenvalue weighted by Crippen LogP contribution is -2.36. The average Bonchev–Trinajstić information content (AvgIpc) is 3.22. The van der Waals surface area contributed by atoms with Gasteiger partial charge in [0.2, 0.25) is 0 Å². The molecule has 2 heterocycles. The van der Waals surface area contributed by atoms with E-state index < -0.39 is 0 Å². The van der Waals surface area contributed by atoms with Gasteiger partial charge in [-0.15, -0.1) is 0 Å². The van der Waals surface area contributed by atoms with E-state index in [0.717, 1.165) is 23.3 Å². The van der Waals surface area contributed by atoms with Gasteiger partial charge in [-0.25, -0.2) is 0 Å². The van der Waals surface area contributed by atoms with Crippen LogP contribution >= 0.6 is 15.9 Å². The number of furan rings is 1. The number of carbonyl (C=O) groups is 1. The van der Waals surface area contributed by atoms with Crippen LogP contribution in [0.15, 0.2) is 51.6 Å². The van der Waals surface area contributed by atoms with Crippen LogP contribution in [-0.4, -0.2) is 30.4 Å². The van der Waals surface area contributed by atoms with E-state index in [2.05, 4.69) is 26.1 Å². The summed E-state index contributed by atoms with van der Waals surface area (Å²) < 4.78 is 6.53. The van der Waals surface area contributed by atoms with E-state index in [4.69, 9.17) is 4.42 Å². The Bertz CT molecular complexity index is 604. The zero-order valence-corrected chi connectivity index (χ0v) is 13.9. The Balaban J connectivity index is 1.66. The molecule has 0 unspecified atom stereocenters. The molecular weight excluding hydrogens is 344 g/mol. The van der Waals surface area contributed by atoms with Gasteiger partial charge < -0.3 is 9.73 Å². The predicted molar refractivity (Wildman–Crippen MR) is 88.7 cm³/mol. The molecule has 0 spiro atoms. The van der Waals surface area contributed by atoms with Gasteiger partial charge in [0.1, 0.15) is 5.76 Å². The Morgan fingerprint density at radius 1 is 1.23 bits per heavy atom. The number of amides is 1. The fraction of sp³-hybridized carbons (Fsp3) is 0.353. The van der Waals surface area contributed by atoms with E-state index >= 15 is 0 Å². The summed E-state index contributed by atoms with van der Waals surface area (Å²) in [7, 11) is 0. The van der Waals surface area contributed by atoms with Crippen molar-refractivity contribution in [1.82, 2.24) is 10.2 Å². The smallest absolute Gasteiger partial charge is 0.251 e. The Morgan fingerprint density at radius 3 is 2.59 bits per heavy atom. The standard InChI is InChI=1S/C17H19BrN2O2/c18-14-7-5-13(6-8-14)17(21)19-12-15(16-4-3-11-22-16)20-9-1-2-10-20/h3-8,11,15H,1-2,9-10,12H2,(H,19,21)/t15-/m0/s1. The molecule has 5 heteroatoms. The Labute approximate surface area is 138 Å². The molecule has 3 rings (SSSR count). The van der Waals surface area contributed by atoms with E-state index in [1.165, 1.54) is 12.8 Å². The van der Waals surface area contributed by atoms with Gasteiger partial charge >= 0.3 is 0 Å². The van der Waals surface area contributed by atoms with Crippen LogP contribution in [0.25, 0.3) is 0 Å². The van der Waals surface area contributed by atoms with Crippen LogP contribution in [0, 0.1) is 0 Å². The molecule has 22 heavy (non-hydrogen) atoms. The maximum atomic E-state index is 12.3. The molecule has 4 nitrogen and oxygen atoms in total. The molecule has 1 aliphatic rings. The number of hydrogen-bond acceptors (Lipinski definition) is 3. The minimum absolute atomic E-state index is 0.0525. The first kappa shape index (κ1) is 15.3. The van der Waals surface area contributed by atoms with Gasteiger partial charge in [-0.1, -0.05) is 15.9 Å². The van der Waals surface area contributed by atoms with Crippen molar-refractivity contribution in [3.05, 3.63) is 58.5 Å². The summed E-state index contributed by atoms with van der Waals surface area (Å²) in [5, 5.41) is 3.03. The van der Waals surface area contributed by atoms with Crippen LogP contribution in [0.5, 0.6) is 0 Å². The molecule has 1 aliphatic heterocycles. The van der Waals surface area contributed by atoms with Gasteiger partial charge in [-0.3, -0.25) is 9.69 Å². The molecule has 1 fully saturated rings. The van der Waals surface area contributed by atoms with Gasteiger partial charge in [-0.05, 0) is 62.3 Å². The SMILES string of the molecule is O=C(NC[C@@H](c1ccco1)N1CCCC1)c1ccc(Br)cc1. The van der Waals surface area contributed by atoms with Gasteiger partial charge in [0.25, 0.3) is 5.91 Å². The molecule has 1 N–H and O–H groups in total. The lowest BCUT2D eigenvalue weighted by molar-refractivity contribution is 0.0934. The lowest BCUT2D eigenvalue weighted by Gasteiger charge is -2.26. The van der Waals surface area contributed by atoms with Crippen molar-refractivity contribution in [2.75, 3.05) is 19.6 Å². The highest BCUT2D eigenvalue weighted by Crippen LogP contribution is 2.25. The Morgan fingerprint density at radius 2 is 1.95 bits per heavy atom. The second-order valence-electron chi connectivity index (χ2n) is 5.49. The highest BCUT2D eigenvalue weighted by atomic mass is 79.9. The largest absolute Gasteiger partial charge is 0.468 e. The fourth-order valence-electron chi connectivity index (χ4n) is 2.84. The van der Waals surface area contributed by atoms with E-state index in [-0.39, 0.29) is 11.9 Å². The number of benzene rings is 1. The van der Waals surface area contributed by atoms with Crippen LogP contribution in [-0.2, 0) is 0 Å². The van der Waals surface area contributed by atoms with Gasteiger partial charge in [-0.2, -0.15) is 0 Å². The van der Waals surface area contributed by atoms with Gasteiger partial charge in [0, 0.05) is 16.6 Å². The number of likely N-dealkylation sites (tertiary alicyclic amines) is 1. The molecule has 0 radical (unpaired) electrons. The quantitative estimate of drug-likeness (QED) is 0.883. The van der Waals surface area contributed by atoms with Crippen molar-refractivity contribution in [2.45, 2.75) is 18.9 Å². The van der Waals surface area contributed by atoms with Crippen molar-refractivity contribution in [2.24, 2.45) is 0 Å². The number of nitrogens with one attached hydrogen (secondary N) is 1. The van der Waals surface area contributed by atoms with Crippen LogP contribution in [0.1, 0.15) is 35.0 Å². The van der Waals surface area contributed by atoms with Crippen molar-refractivity contribution in [1.29, 1.82) is 0 Å². The normalized spacial score (nSPS) is 16.6. The highest BCUT2D eigenvalue weighted by molar-refractivity contribution is 9.10. The van der Waals surface area contributed by atoms with Crippen LogP contribution < -0.4 is 5.32 Å². The van der Waals surface area contributed by atoms with Gasteiger partial charge in [0.05, 0.1) is 12.3 Å². The van der Waals surface area contributed by atoms with Crippen LogP contribution in [0.3, 0.4) is 0 Å². The number of hydrogen-bond donors (Lipinski definition) is 1. The first-order valence-corrected chi connectivity index (χ1v) is 8.34. The summed E-state index contributed by atoms with van der Waals surface area (Å²) in [4.78, 5) is 14.6. The Hall–Kier alpha value is -1.59. The van der Waals surface area contributed by atoms with Crippen molar-refractivity contribution < 1.29 is 9.21 Å². The molecule has 1 aromatic carbocycles. The molecule has 1 atom stereocenters. The number of nitrogens with zero attached hydrogens (tertiary/aromatic N) is 1. The average molecular weight is 363 g/mol. The lowest BCUT2D eigenvalue weighted by atomic mass is 10.1. The minimum Gasteiger partial charge on any atom is -0.468 e. The molecule has 1 amide bonds. The number of halogens is 1. The maximum Gasteiger partial charge on any atom is 0.251 e. The maximum absolute atomic E-state index is 12.3. The third-order valence-corrected chi connectivity index (χ3v) is 4.54. The summed E-state index contributed by atoms with van der Waals surface area (Å²) in [6.45, 7) is 2.67. The van der Waals surface area contributed by atoms with Crippen molar-refractivity contribution in [3.63, 3.8) is 0 Å².